The number of amides is 1. The van der Waals surface area contributed by atoms with Crippen molar-refractivity contribution < 1.29 is 17.9 Å². The van der Waals surface area contributed by atoms with E-state index in [0.717, 1.165) is 25.5 Å². The quantitative estimate of drug-likeness (QED) is 0.211. The fourth-order valence-corrected chi connectivity index (χ4v) is 4.71. The molecule has 0 aliphatic rings. The summed E-state index contributed by atoms with van der Waals surface area (Å²) in [6.45, 7) is 5.62. The summed E-state index contributed by atoms with van der Waals surface area (Å²) in [7, 11) is -3.93. The van der Waals surface area contributed by atoms with Crippen molar-refractivity contribution in [3.05, 3.63) is 107 Å². The predicted octanol–water partition coefficient (Wildman–Crippen LogP) is 4.66. The summed E-state index contributed by atoms with van der Waals surface area (Å²) in [5, 5.41) is 3.96. The zero-order valence-corrected chi connectivity index (χ0v) is 21.6. The Balaban J connectivity index is 1.71. The molecule has 1 N–H and O–H groups in total. The van der Waals surface area contributed by atoms with Crippen LogP contribution in [0.4, 0.5) is 0 Å². The highest BCUT2D eigenvalue weighted by molar-refractivity contribution is 9.10. The first-order valence-corrected chi connectivity index (χ1v) is 13.0. The first kappa shape index (κ1) is 26.3. The van der Waals surface area contributed by atoms with E-state index in [1.807, 2.05) is 31.2 Å². The third-order valence-electron chi connectivity index (χ3n) is 4.90. The van der Waals surface area contributed by atoms with E-state index in [1.165, 1.54) is 18.3 Å². The van der Waals surface area contributed by atoms with Gasteiger partial charge < -0.3 is 4.74 Å². The first-order valence-electron chi connectivity index (χ1n) is 10.7. The maximum atomic E-state index is 13.3. The van der Waals surface area contributed by atoms with Crippen molar-refractivity contribution in [2.45, 2.75) is 18.4 Å². The van der Waals surface area contributed by atoms with E-state index in [4.69, 9.17) is 4.74 Å². The lowest BCUT2D eigenvalue weighted by molar-refractivity contribution is -0.121. The van der Waals surface area contributed by atoms with E-state index >= 15 is 0 Å². The number of halogens is 1. The van der Waals surface area contributed by atoms with E-state index in [1.54, 1.807) is 42.5 Å². The summed E-state index contributed by atoms with van der Waals surface area (Å²) in [5.74, 6) is 0.135. The van der Waals surface area contributed by atoms with Crippen LogP contribution in [0.25, 0.3) is 0 Å². The van der Waals surface area contributed by atoms with Gasteiger partial charge in [-0.3, -0.25) is 4.79 Å². The molecule has 0 bridgehead atoms. The Morgan fingerprint density at radius 2 is 1.71 bits per heavy atom. The maximum Gasteiger partial charge on any atom is 0.255 e. The fourth-order valence-electron chi connectivity index (χ4n) is 3.06. The first-order chi connectivity index (χ1) is 16.8. The topological polar surface area (TPSA) is 88.1 Å². The van der Waals surface area contributed by atoms with Crippen LogP contribution in [0.5, 0.6) is 5.75 Å². The van der Waals surface area contributed by atoms with Crippen LogP contribution in [-0.4, -0.2) is 38.0 Å². The second-order valence-electron chi connectivity index (χ2n) is 7.67. The average Bonchev–Trinajstić information content (AvgIpc) is 2.84. The molecule has 182 valence electrons. The number of benzene rings is 3. The summed E-state index contributed by atoms with van der Waals surface area (Å²) < 4.78 is 34.0. The van der Waals surface area contributed by atoms with Crippen molar-refractivity contribution in [2.75, 3.05) is 13.2 Å². The summed E-state index contributed by atoms with van der Waals surface area (Å²) in [5.41, 5.74) is 4.98. The van der Waals surface area contributed by atoms with Gasteiger partial charge in [0, 0.05) is 11.0 Å². The molecular weight excluding hydrogens is 530 g/mol. The number of sulfonamides is 1. The minimum Gasteiger partial charge on any atom is -0.490 e. The highest BCUT2D eigenvalue weighted by Gasteiger charge is 2.27. The van der Waals surface area contributed by atoms with Crippen LogP contribution in [0, 0.1) is 6.92 Å². The number of rotatable bonds is 11. The molecule has 0 saturated heterocycles. The van der Waals surface area contributed by atoms with Gasteiger partial charge in [0.2, 0.25) is 10.0 Å². The molecule has 0 heterocycles. The normalized spacial score (nSPS) is 11.5. The van der Waals surface area contributed by atoms with Crippen molar-refractivity contribution in [1.82, 2.24) is 9.73 Å². The third kappa shape index (κ3) is 7.88. The lowest BCUT2D eigenvalue weighted by Gasteiger charge is -2.21. The third-order valence-corrected chi connectivity index (χ3v) is 7.24. The van der Waals surface area contributed by atoms with E-state index in [9.17, 15) is 13.2 Å². The number of nitrogens with zero attached hydrogens (tertiary/aromatic N) is 2. The van der Waals surface area contributed by atoms with Gasteiger partial charge >= 0.3 is 0 Å². The number of carbonyl (C=O) groups excluding carboxylic acids is 1. The number of hydrogen-bond donors (Lipinski definition) is 1. The molecule has 35 heavy (non-hydrogen) atoms. The average molecular weight is 556 g/mol. The standard InChI is InChI=1S/C26H26BrN3O4S/c1-3-16-34-24-12-8-21(9-13-24)17-28-29-26(31)19-30(18-22-6-4-20(2)5-7-22)35(32,33)25-14-10-23(27)11-15-25/h3-15,17H,1,16,18-19H2,2H3,(H,29,31)/b28-17-. The van der Waals surface area contributed by atoms with Crippen molar-refractivity contribution in [1.29, 1.82) is 0 Å². The van der Waals surface area contributed by atoms with Gasteiger partial charge in [0.05, 0.1) is 17.7 Å². The van der Waals surface area contributed by atoms with E-state index in [2.05, 4.69) is 33.0 Å². The summed E-state index contributed by atoms with van der Waals surface area (Å²) >= 11 is 3.31. The number of nitrogens with one attached hydrogen (secondary N) is 1. The fraction of sp³-hybridized carbons (Fsp3) is 0.154. The zero-order chi connectivity index (χ0) is 25.3. The Kier molecular flexibility index (Phi) is 9.36. The second kappa shape index (κ2) is 12.4. The molecule has 7 nitrogen and oxygen atoms in total. The SMILES string of the molecule is C=CCOc1ccc(/C=N\NC(=O)CN(Cc2ccc(C)cc2)S(=O)(=O)c2ccc(Br)cc2)cc1. The molecule has 0 aromatic heterocycles. The molecule has 0 spiro atoms. The van der Waals surface area contributed by atoms with Gasteiger partial charge in [-0.2, -0.15) is 9.41 Å². The zero-order valence-electron chi connectivity index (χ0n) is 19.2. The van der Waals surface area contributed by atoms with E-state index < -0.39 is 22.5 Å². The molecule has 3 rings (SSSR count). The Morgan fingerprint density at radius 3 is 2.34 bits per heavy atom. The van der Waals surface area contributed by atoms with Crippen LogP contribution >= 0.6 is 15.9 Å². The molecule has 0 fully saturated rings. The van der Waals surface area contributed by atoms with Crippen LogP contribution in [-0.2, 0) is 21.4 Å². The lowest BCUT2D eigenvalue weighted by Crippen LogP contribution is -2.39. The molecule has 9 heteroatoms. The Hall–Kier alpha value is -3.27. The van der Waals surface area contributed by atoms with Gasteiger partial charge in [0.15, 0.2) is 0 Å². The number of hydrogen-bond acceptors (Lipinski definition) is 5. The van der Waals surface area contributed by atoms with Crippen LogP contribution in [0.2, 0.25) is 0 Å². The van der Waals surface area contributed by atoms with Crippen LogP contribution in [0.1, 0.15) is 16.7 Å². The summed E-state index contributed by atoms with van der Waals surface area (Å²) in [6, 6.07) is 20.9. The maximum absolute atomic E-state index is 13.3. The number of aryl methyl sites for hydroxylation is 1. The molecule has 0 aliphatic carbocycles. The minimum absolute atomic E-state index is 0.0436. The number of hydrazone groups is 1. The molecule has 1 amide bonds. The van der Waals surface area contributed by atoms with Gasteiger partial charge in [-0.1, -0.05) is 58.4 Å². The Labute approximate surface area is 214 Å². The molecule has 0 atom stereocenters. The van der Waals surface area contributed by atoms with Gasteiger partial charge in [-0.25, -0.2) is 13.8 Å². The second-order valence-corrected chi connectivity index (χ2v) is 10.5. The van der Waals surface area contributed by atoms with Crippen LogP contribution < -0.4 is 10.2 Å². The molecule has 3 aromatic carbocycles. The van der Waals surface area contributed by atoms with Gasteiger partial charge in [0.1, 0.15) is 12.4 Å². The molecule has 0 saturated carbocycles. The highest BCUT2D eigenvalue weighted by Crippen LogP contribution is 2.21. The predicted molar refractivity (Wildman–Crippen MR) is 141 cm³/mol. The number of ether oxygens (including phenoxy) is 1. The van der Waals surface area contributed by atoms with Gasteiger partial charge in [0.25, 0.3) is 5.91 Å². The van der Waals surface area contributed by atoms with Crippen LogP contribution in [0.3, 0.4) is 0 Å². The Morgan fingerprint density at radius 1 is 1.06 bits per heavy atom. The minimum atomic E-state index is -3.93. The summed E-state index contributed by atoms with van der Waals surface area (Å²) in [6.07, 6.45) is 3.13. The van der Waals surface area contributed by atoms with Crippen molar-refractivity contribution in [3.63, 3.8) is 0 Å². The van der Waals surface area contributed by atoms with E-state index in [-0.39, 0.29) is 11.4 Å². The van der Waals surface area contributed by atoms with Crippen molar-refractivity contribution >= 4 is 38.1 Å². The molecule has 0 unspecified atom stereocenters. The van der Waals surface area contributed by atoms with Crippen molar-refractivity contribution in [2.24, 2.45) is 5.10 Å². The molecule has 0 aliphatic heterocycles. The molecular formula is C26H26BrN3O4S. The summed E-state index contributed by atoms with van der Waals surface area (Å²) in [4.78, 5) is 12.7. The van der Waals surface area contributed by atoms with Crippen molar-refractivity contribution in [3.8, 4) is 5.75 Å². The monoisotopic (exact) mass is 555 g/mol. The molecule has 3 aromatic rings. The Bertz CT molecular complexity index is 1270. The molecule has 0 radical (unpaired) electrons. The van der Waals surface area contributed by atoms with Gasteiger partial charge in [-0.05, 0) is 66.6 Å². The van der Waals surface area contributed by atoms with Gasteiger partial charge in [-0.15, -0.1) is 0 Å². The van der Waals surface area contributed by atoms with E-state index in [0.29, 0.717) is 12.4 Å². The smallest absolute Gasteiger partial charge is 0.255 e. The number of carbonyl (C=O) groups is 1. The van der Waals surface area contributed by atoms with Crippen LogP contribution in [0.15, 0.2) is 99.9 Å². The highest BCUT2D eigenvalue weighted by atomic mass is 79.9. The lowest BCUT2D eigenvalue weighted by atomic mass is 10.1. The largest absolute Gasteiger partial charge is 0.490 e.